The van der Waals surface area contributed by atoms with Gasteiger partial charge in [0.25, 0.3) is 0 Å². The van der Waals surface area contributed by atoms with Gasteiger partial charge >= 0.3 is 13.2 Å². The van der Waals surface area contributed by atoms with Gasteiger partial charge in [-0.25, -0.2) is 0 Å². The molecular formula is C19H21B2F3NO-. The molecule has 1 heterocycles. The fraction of sp³-hybridized carbons (Fsp3) is 0.263. The summed E-state index contributed by atoms with van der Waals surface area (Å²) in [6.07, 6.45) is -2.62. The van der Waals surface area contributed by atoms with Crippen molar-refractivity contribution in [2.24, 2.45) is 0 Å². The lowest BCUT2D eigenvalue weighted by Crippen LogP contribution is -2.54. The smallest absolute Gasteiger partial charge is 0.441 e. The number of anilines is 1. The zero-order valence-corrected chi connectivity index (χ0v) is 15.1. The summed E-state index contributed by atoms with van der Waals surface area (Å²) in [4.78, 5) is 2.27. The minimum Gasteiger partial charge on any atom is -0.441 e. The summed E-state index contributed by atoms with van der Waals surface area (Å²) in [5, 5.41) is 0. The molecule has 7 heteroatoms. The zero-order chi connectivity index (χ0) is 18.9. The second-order valence-electron chi connectivity index (χ2n) is 8.09. The van der Waals surface area contributed by atoms with Gasteiger partial charge in [0.15, 0.2) is 0 Å². The van der Waals surface area contributed by atoms with Crippen molar-refractivity contribution in [2.45, 2.75) is 26.8 Å². The third-order valence-corrected chi connectivity index (χ3v) is 4.22. The van der Waals surface area contributed by atoms with E-state index >= 15 is 0 Å². The summed E-state index contributed by atoms with van der Waals surface area (Å²) in [7, 11) is 0. The molecule has 0 fully saturated rings. The largest absolute Gasteiger partial charge is 0.573 e. The second-order valence-corrected chi connectivity index (χ2v) is 8.09. The van der Waals surface area contributed by atoms with E-state index in [1.54, 1.807) is 6.07 Å². The van der Waals surface area contributed by atoms with Crippen molar-refractivity contribution >= 4 is 30.2 Å². The van der Waals surface area contributed by atoms with Gasteiger partial charge in [-0.05, 0) is 23.8 Å². The fourth-order valence-corrected chi connectivity index (χ4v) is 3.32. The maximum absolute atomic E-state index is 12.5. The number of alkyl halides is 3. The van der Waals surface area contributed by atoms with E-state index in [2.05, 4.69) is 42.1 Å². The van der Waals surface area contributed by atoms with E-state index in [9.17, 15) is 13.2 Å². The van der Waals surface area contributed by atoms with E-state index < -0.39 is 12.5 Å². The van der Waals surface area contributed by atoms with Crippen molar-refractivity contribution in [3.05, 3.63) is 60.1 Å². The van der Waals surface area contributed by atoms with Crippen LogP contribution in [-0.2, 0) is 0 Å². The molecule has 0 aliphatic carbocycles. The molecule has 2 nitrogen and oxygen atoms in total. The van der Waals surface area contributed by atoms with Crippen LogP contribution in [0.3, 0.4) is 0 Å². The van der Waals surface area contributed by atoms with E-state index in [1.807, 2.05) is 30.3 Å². The molecule has 0 unspecified atom stereocenters. The Labute approximate surface area is 152 Å². The SMILES string of the molecule is C[B-](C)(C)CN1B(c2ccccc2)C=Cc2cc(OC(F)(F)F)ccc21. The molecule has 0 aromatic heterocycles. The van der Waals surface area contributed by atoms with E-state index in [0.29, 0.717) is 0 Å². The first-order valence-electron chi connectivity index (χ1n) is 8.81. The van der Waals surface area contributed by atoms with Crippen LogP contribution in [0, 0.1) is 0 Å². The van der Waals surface area contributed by atoms with Crippen molar-refractivity contribution in [2.75, 3.05) is 11.3 Å². The second kappa shape index (κ2) is 6.78. The minimum atomic E-state index is -4.69. The van der Waals surface area contributed by atoms with Crippen LogP contribution < -0.4 is 15.0 Å². The van der Waals surface area contributed by atoms with Gasteiger partial charge in [-0.1, -0.05) is 47.8 Å². The molecule has 0 spiro atoms. The third kappa shape index (κ3) is 4.45. The predicted octanol–water partition coefficient (Wildman–Crippen LogP) is 4.73. The van der Waals surface area contributed by atoms with Crippen molar-refractivity contribution in [3.63, 3.8) is 0 Å². The predicted molar refractivity (Wildman–Crippen MR) is 105 cm³/mol. The monoisotopic (exact) mass is 358 g/mol. The van der Waals surface area contributed by atoms with Crippen LogP contribution in [-0.4, -0.2) is 25.8 Å². The van der Waals surface area contributed by atoms with Gasteiger partial charge in [-0.2, -0.15) is 20.5 Å². The molecule has 0 atom stereocenters. The standard InChI is InChI=1S/C19H21B2F3NO/c1-21(2,3)14-25-18-10-9-17(26-19(22,23)24)13-15(18)11-12-20(25)16-7-5-4-6-8-16/h4-13H,14H2,1-3H3/q-1. The van der Waals surface area contributed by atoms with Crippen LogP contribution >= 0.6 is 0 Å². The number of hydrogen-bond acceptors (Lipinski definition) is 2. The average Bonchev–Trinajstić information content (AvgIpc) is 2.53. The van der Waals surface area contributed by atoms with E-state index in [4.69, 9.17) is 0 Å². The van der Waals surface area contributed by atoms with Gasteiger partial charge < -0.3 is 9.55 Å². The quantitative estimate of drug-likeness (QED) is 0.733. The van der Waals surface area contributed by atoms with Gasteiger partial charge in [0.1, 0.15) is 5.75 Å². The van der Waals surface area contributed by atoms with E-state index in [1.165, 1.54) is 12.1 Å². The maximum Gasteiger partial charge on any atom is 0.573 e. The first-order chi connectivity index (χ1) is 12.1. The number of halogens is 3. The third-order valence-electron chi connectivity index (χ3n) is 4.22. The minimum absolute atomic E-state index is 0.0548. The molecule has 0 bridgehead atoms. The van der Waals surface area contributed by atoms with E-state index in [0.717, 1.165) is 23.2 Å². The first kappa shape index (κ1) is 18.5. The molecule has 2 aromatic carbocycles. The summed E-state index contributed by atoms with van der Waals surface area (Å²) in [5.74, 6) is 1.84. The van der Waals surface area contributed by atoms with Gasteiger partial charge in [0.05, 0.1) is 0 Å². The molecule has 2 aromatic rings. The van der Waals surface area contributed by atoms with E-state index in [-0.39, 0.29) is 12.6 Å². The molecule has 0 radical (unpaired) electrons. The van der Waals surface area contributed by atoms with Gasteiger partial charge in [-0.3, -0.25) is 0 Å². The molecule has 0 amide bonds. The van der Waals surface area contributed by atoms with Gasteiger partial charge in [-0.15, -0.1) is 19.6 Å². The topological polar surface area (TPSA) is 12.5 Å². The van der Waals surface area contributed by atoms with Gasteiger partial charge in [0, 0.05) is 11.8 Å². The number of rotatable bonds is 4. The normalized spacial score (nSPS) is 14.4. The zero-order valence-electron chi connectivity index (χ0n) is 15.1. The van der Waals surface area contributed by atoms with Crippen molar-refractivity contribution in [3.8, 4) is 5.75 Å². The highest BCUT2D eigenvalue weighted by Gasteiger charge is 2.33. The highest BCUT2D eigenvalue weighted by Crippen LogP contribution is 2.33. The van der Waals surface area contributed by atoms with Crippen molar-refractivity contribution in [1.82, 2.24) is 0 Å². The lowest BCUT2D eigenvalue weighted by molar-refractivity contribution is -0.274. The molecule has 26 heavy (non-hydrogen) atoms. The number of hydrogen-bond donors (Lipinski definition) is 0. The summed E-state index contributed by atoms with van der Waals surface area (Å²) in [6, 6.07) is 14.7. The van der Waals surface area contributed by atoms with Crippen molar-refractivity contribution < 1.29 is 17.9 Å². The fourth-order valence-electron chi connectivity index (χ4n) is 3.32. The Bertz CT molecular complexity index is 801. The Morgan fingerprint density at radius 2 is 1.73 bits per heavy atom. The number of ether oxygens (including phenoxy) is 1. The highest BCUT2D eigenvalue weighted by molar-refractivity contribution is 6.85. The van der Waals surface area contributed by atoms with Crippen LogP contribution in [0.4, 0.5) is 18.9 Å². The van der Waals surface area contributed by atoms with Crippen LogP contribution in [0.15, 0.2) is 54.5 Å². The lowest BCUT2D eigenvalue weighted by atomic mass is 9.29. The van der Waals surface area contributed by atoms with Crippen LogP contribution in [0.2, 0.25) is 20.5 Å². The summed E-state index contributed by atoms with van der Waals surface area (Å²) in [5.41, 5.74) is 2.82. The Morgan fingerprint density at radius 1 is 1.04 bits per heavy atom. The molecule has 0 saturated carbocycles. The Morgan fingerprint density at radius 3 is 2.35 bits per heavy atom. The molecule has 1 aliphatic rings. The highest BCUT2D eigenvalue weighted by atomic mass is 19.4. The molecule has 136 valence electrons. The summed E-state index contributed by atoms with van der Waals surface area (Å²) in [6.45, 7) is 6.68. The van der Waals surface area contributed by atoms with Crippen LogP contribution in [0.1, 0.15) is 5.56 Å². The number of benzene rings is 2. The molecule has 3 rings (SSSR count). The van der Waals surface area contributed by atoms with Crippen molar-refractivity contribution in [1.29, 1.82) is 0 Å². The molecule has 0 N–H and O–H groups in total. The van der Waals surface area contributed by atoms with Gasteiger partial charge in [0.2, 0.25) is 0 Å². The lowest BCUT2D eigenvalue weighted by Gasteiger charge is -2.42. The molecule has 1 aliphatic heterocycles. The first-order valence-corrected chi connectivity index (χ1v) is 8.81. The Balaban J connectivity index is 2.00. The Hall–Kier alpha value is -2.30. The summed E-state index contributed by atoms with van der Waals surface area (Å²) < 4.78 is 41.6. The van der Waals surface area contributed by atoms with Crippen LogP contribution in [0.5, 0.6) is 5.75 Å². The number of nitrogens with zero attached hydrogens (tertiary/aromatic N) is 1. The molecular weight excluding hydrogens is 337 g/mol. The maximum atomic E-state index is 12.5. The van der Waals surface area contributed by atoms with Crippen LogP contribution in [0.25, 0.3) is 6.08 Å². The average molecular weight is 358 g/mol. The summed E-state index contributed by atoms with van der Waals surface area (Å²) >= 11 is 0. The Kier molecular flexibility index (Phi) is 4.82. The number of fused-ring (bicyclic) bond motifs is 1. The molecule has 0 saturated heterocycles.